The van der Waals surface area contributed by atoms with Crippen molar-refractivity contribution in [3.8, 4) is 17.1 Å². The SMILES string of the molecule is CC(C)(Cc1ccccc1-c1cncnc1)Nc1nc(C2CNCCO2)nc(-n2c(C(F)F)nc3ccccc32)n1. The first kappa shape index (κ1) is 26.8. The summed E-state index contributed by atoms with van der Waals surface area (Å²) in [6, 6.07) is 15.0. The molecule has 1 aliphatic heterocycles. The van der Waals surface area contributed by atoms with Gasteiger partial charge in [0.2, 0.25) is 11.9 Å². The lowest BCUT2D eigenvalue weighted by atomic mass is 9.90. The van der Waals surface area contributed by atoms with Crippen LogP contribution in [0.25, 0.3) is 28.1 Å². The van der Waals surface area contributed by atoms with Crippen molar-refractivity contribution < 1.29 is 13.5 Å². The van der Waals surface area contributed by atoms with Crippen molar-refractivity contribution in [2.75, 3.05) is 25.0 Å². The van der Waals surface area contributed by atoms with Crippen molar-refractivity contribution in [1.82, 2.24) is 39.8 Å². The van der Waals surface area contributed by atoms with E-state index in [1.165, 1.54) is 10.9 Å². The molecule has 1 unspecified atom stereocenters. The zero-order chi connectivity index (χ0) is 28.4. The number of morpholine rings is 1. The molecule has 12 heteroatoms. The van der Waals surface area contributed by atoms with E-state index in [0.29, 0.717) is 43.0 Å². The van der Waals surface area contributed by atoms with Crippen LogP contribution in [0.5, 0.6) is 0 Å². The molecule has 0 radical (unpaired) electrons. The topological polar surface area (TPSA) is 116 Å². The summed E-state index contributed by atoms with van der Waals surface area (Å²) in [5, 5.41) is 6.71. The van der Waals surface area contributed by atoms with Crippen LogP contribution in [0.1, 0.15) is 43.6 Å². The molecular weight excluding hydrogens is 528 g/mol. The fourth-order valence-electron chi connectivity index (χ4n) is 5.03. The molecule has 6 rings (SSSR count). The standard InChI is InChI=1S/C29H29F2N9O/c1-29(2,13-18-7-3-4-8-20(18)19-14-33-17-34-15-19)39-27-36-25(23-16-32-11-12-41-23)37-28(38-27)40-22-10-6-5-9-21(22)35-26(40)24(30)31/h3-10,14-15,17,23-24,32H,11-13,16H2,1-2H3,(H,36,37,38,39). The quantitative estimate of drug-likeness (QED) is 0.280. The van der Waals surface area contributed by atoms with Gasteiger partial charge in [-0.1, -0.05) is 36.4 Å². The third-order valence-corrected chi connectivity index (χ3v) is 6.81. The van der Waals surface area contributed by atoms with Gasteiger partial charge in [0.25, 0.3) is 6.43 Å². The van der Waals surface area contributed by atoms with E-state index in [2.05, 4.69) is 46.6 Å². The summed E-state index contributed by atoms with van der Waals surface area (Å²) < 4.78 is 35.6. The molecule has 1 aliphatic rings. The average Bonchev–Trinajstić information content (AvgIpc) is 3.38. The molecule has 0 amide bonds. The van der Waals surface area contributed by atoms with Crippen LogP contribution in [-0.4, -0.2) is 59.7 Å². The lowest BCUT2D eigenvalue weighted by Crippen LogP contribution is -2.36. The maximum atomic E-state index is 14.2. The van der Waals surface area contributed by atoms with Crippen LogP contribution in [-0.2, 0) is 11.2 Å². The molecule has 0 spiro atoms. The number of fused-ring (bicyclic) bond motifs is 1. The third-order valence-electron chi connectivity index (χ3n) is 6.81. The van der Waals surface area contributed by atoms with Gasteiger partial charge in [0.15, 0.2) is 11.6 Å². The molecule has 1 saturated heterocycles. The predicted molar refractivity (Wildman–Crippen MR) is 150 cm³/mol. The minimum absolute atomic E-state index is 0.0494. The Morgan fingerprint density at radius 2 is 1.80 bits per heavy atom. The maximum Gasteiger partial charge on any atom is 0.296 e. The van der Waals surface area contributed by atoms with Gasteiger partial charge in [-0.2, -0.15) is 15.0 Å². The summed E-state index contributed by atoms with van der Waals surface area (Å²) >= 11 is 0. The van der Waals surface area contributed by atoms with Crippen molar-refractivity contribution in [3.05, 3.63) is 84.5 Å². The molecule has 2 aromatic carbocycles. The van der Waals surface area contributed by atoms with E-state index in [4.69, 9.17) is 4.74 Å². The molecule has 2 N–H and O–H groups in total. The molecule has 10 nitrogen and oxygen atoms in total. The van der Waals surface area contributed by atoms with E-state index in [9.17, 15) is 8.78 Å². The number of nitrogens with zero attached hydrogens (tertiary/aromatic N) is 7. The van der Waals surface area contributed by atoms with Gasteiger partial charge < -0.3 is 15.4 Å². The molecule has 0 bridgehead atoms. The van der Waals surface area contributed by atoms with Crippen LogP contribution in [0.4, 0.5) is 14.7 Å². The number of para-hydroxylation sites is 2. The number of nitrogens with one attached hydrogen (secondary N) is 2. The Kier molecular flexibility index (Phi) is 7.33. The van der Waals surface area contributed by atoms with Gasteiger partial charge >= 0.3 is 0 Å². The summed E-state index contributed by atoms with van der Waals surface area (Å²) in [6.07, 6.45) is 2.38. The highest BCUT2D eigenvalue weighted by Gasteiger charge is 2.28. The van der Waals surface area contributed by atoms with E-state index in [1.54, 1.807) is 36.7 Å². The summed E-state index contributed by atoms with van der Waals surface area (Å²) in [5.41, 5.74) is 3.37. The molecule has 0 saturated carbocycles. The molecule has 0 aliphatic carbocycles. The minimum atomic E-state index is -2.83. The highest BCUT2D eigenvalue weighted by molar-refractivity contribution is 5.77. The maximum absolute atomic E-state index is 14.2. The van der Waals surface area contributed by atoms with Crippen molar-refractivity contribution in [1.29, 1.82) is 0 Å². The predicted octanol–water partition coefficient (Wildman–Crippen LogP) is 4.70. The van der Waals surface area contributed by atoms with E-state index >= 15 is 0 Å². The zero-order valence-corrected chi connectivity index (χ0v) is 22.6. The molecule has 5 aromatic rings. The van der Waals surface area contributed by atoms with Gasteiger partial charge in [-0.15, -0.1) is 0 Å². The van der Waals surface area contributed by atoms with Crippen molar-refractivity contribution >= 4 is 17.0 Å². The van der Waals surface area contributed by atoms with Gasteiger partial charge in [0.05, 0.1) is 17.6 Å². The van der Waals surface area contributed by atoms with Gasteiger partial charge in [-0.25, -0.2) is 23.7 Å². The average molecular weight is 558 g/mol. The summed E-state index contributed by atoms with van der Waals surface area (Å²) in [7, 11) is 0. The first-order valence-corrected chi connectivity index (χ1v) is 13.3. The van der Waals surface area contributed by atoms with Crippen LogP contribution in [0.2, 0.25) is 0 Å². The Hall–Kier alpha value is -4.42. The number of benzene rings is 2. The Morgan fingerprint density at radius 3 is 2.59 bits per heavy atom. The van der Waals surface area contributed by atoms with Gasteiger partial charge in [-0.3, -0.25) is 4.57 Å². The second-order valence-electron chi connectivity index (χ2n) is 10.4. The number of rotatable bonds is 8. The van der Waals surface area contributed by atoms with Crippen LogP contribution in [0.3, 0.4) is 0 Å². The number of alkyl halides is 2. The number of hydrogen-bond acceptors (Lipinski definition) is 9. The highest BCUT2D eigenvalue weighted by atomic mass is 19.3. The van der Waals surface area contributed by atoms with Crippen LogP contribution >= 0.6 is 0 Å². The molecule has 210 valence electrons. The highest BCUT2D eigenvalue weighted by Crippen LogP contribution is 2.30. The Morgan fingerprint density at radius 1 is 1.02 bits per heavy atom. The Balaban J connectivity index is 1.40. The number of aromatic nitrogens is 7. The van der Waals surface area contributed by atoms with Crippen LogP contribution in [0.15, 0.2) is 67.3 Å². The van der Waals surface area contributed by atoms with Crippen molar-refractivity contribution in [2.24, 2.45) is 0 Å². The normalized spacial score (nSPS) is 15.9. The summed E-state index contributed by atoms with van der Waals surface area (Å²) in [5.74, 6) is 0.214. The third kappa shape index (κ3) is 5.74. The fourth-order valence-corrected chi connectivity index (χ4v) is 5.03. The van der Waals surface area contributed by atoms with Gasteiger partial charge in [-0.05, 0) is 43.5 Å². The molecular formula is C29H29F2N9O. The number of hydrogen-bond donors (Lipinski definition) is 2. The second kappa shape index (κ2) is 11.2. The first-order valence-electron chi connectivity index (χ1n) is 13.3. The van der Waals surface area contributed by atoms with E-state index in [0.717, 1.165) is 16.7 Å². The van der Waals surface area contributed by atoms with Gasteiger partial charge in [0, 0.05) is 36.6 Å². The summed E-state index contributed by atoms with van der Waals surface area (Å²) in [4.78, 5) is 26.4. The van der Waals surface area contributed by atoms with Crippen molar-refractivity contribution in [2.45, 2.75) is 38.3 Å². The second-order valence-corrected chi connectivity index (χ2v) is 10.4. The fraction of sp³-hybridized carbons (Fsp3) is 0.310. The van der Waals surface area contributed by atoms with Crippen LogP contribution < -0.4 is 10.6 Å². The van der Waals surface area contributed by atoms with Crippen molar-refractivity contribution in [3.63, 3.8) is 0 Å². The Bertz CT molecular complexity index is 1650. The minimum Gasteiger partial charge on any atom is -0.368 e. The smallest absolute Gasteiger partial charge is 0.296 e. The lowest BCUT2D eigenvalue weighted by molar-refractivity contribution is 0.0220. The molecule has 1 fully saturated rings. The van der Waals surface area contributed by atoms with E-state index in [1.807, 2.05) is 32.0 Å². The first-order chi connectivity index (χ1) is 19.9. The number of anilines is 1. The number of imidazole rings is 1. The largest absolute Gasteiger partial charge is 0.368 e. The Labute approximate surface area is 235 Å². The van der Waals surface area contributed by atoms with Crippen LogP contribution in [0, 0.1) is 0 Å². The number of ether oxygens (including phenoxy) is 1. The van der Waals surface area contributed by atoms with E-state index < -0.39 is 23.9 Å². The zero-order valence-electron chi connectivity index (χ0n) is 22.6. The molecule has 3 aromatic heterocycles. The molecule has 4 heterocycles. The molecule has 41 heavy (non-hydrogen) atoms. The lowest BCUT2D eigenvalue weighted by Gasteiger charge is -2.28. The summed E-state index contributed by atoms with van der Waals surface area (Å²) in [6.45, 7) is 5.75. The monoisotopic (exact) mass is 557 g/mol. The number of halogens is 2. The van der Waals surface area contributed by atoms with E-state index in [-0.39, 0.29) is 11.9 Å². The molecule has 1 atom stereocenters. The van der Waals surface area contributed by atoms with Gasteiger partial charge in [0.1, 0.15) is 12.4 Å².